The van der Waals surface area contributed by atoms with E-state index < -0.39 is 22.2 Å². The smallest absolute Gasteiger partial charge is 0.307 e. The maximum atomic E-state index is 13.7. The Kier molecular flexibility index (Phi) is 4.72. The van der Waals surface area contributed by atoms with E-state index >= 15 is 0 Å². The van der Waals surface area contributed by atoms with E-state index in [-0.39, 0.29) is 17.8 Å². The van der Waals surface area contributed by atoms with E-state index in [4.69, 9.17) is 4.74 Å². The van der Waals surface area contributed by atoms with Gasteiger partial charge in [0.15, 0.2) is 0 Å². The zero-order valence-corrected chi connectivity index (χ0v) is 11.9. The molecule has 0 bridgehead atoms. The minimum Gasteiger partial charge on any atom is -0.380 e. The summed E-state index contributed by atoms with van der Waals surface area (Å²) in [5.41, 5.74) is -0.774. The second-order valence-corrected chi connectivity index (χ2v) is 5.56. The van der Waals surface area contributed by atoms with Gasteiger partial charge in [0.1, 0.15) is 5.82 Å². The lowest BCUT2D eigenvalue weighted by molar-refractivity contribution is -0.387. The third-order valence-electron chi connectivity index (χ3n) is 3.65. The first kappa shape index (κ1) is 15.6. The van der Waals surface area contributed by atoms with E-state index in [9.17, 15) is 18.9 Å². The number of nitro groups is 1. The SMILES string of the molecule is CC(C)C1CC(Nc2cc([N+](=O)[O-])c(F)cc2F)CCO1. The van der Waals surface area contributed by atoms with Crippen LogP contribution in [0, 0.1) is 27.7 Å². The quantitative estimate of drug-likeness (QED) is 0.683. The molecule has 5 nitrogen and oxygen atoms in total. The predicted octanol–water partition coefficient (Wildman–Crippen LogP) is 3.49. The summed E-state index contributed by atoms with van der Waals surface area (Å²) in [7, 11) is 0. The molecule has 1 fully saturated rings. The van der Waals surface area contributed by atoms with Crippen LogP contribution in [-0.4, -0.2) is 23.7 Å². The number of ether oxygens (including phenoxy) is 1. The van der Waals surface area contributed by atoms with Crippen LogP contribution in [0.1, 0.15) is 26.7 Å². The number of hydrogen-bond acceptors (Lipinski definition) is 4. The zero-order valence-electron chi connectivity index (χ0n) is 11.9. The van der Waals surface area contributed by atoms with Crippen molar-refractivity contribution < 1.29 is 18.4 Å². The molecule has 7 heteroatoms. The molecule has 1 aromatic carbocycles. The van der Waals surface area contributed by atoms with Crippen LogP contribution in [-0.2, 0) is 4.74 Å². The van der Waals surface area contributed by atoms with Crippen LogP contribution in [0.2, 0.25) is 0 Å². The molecule has 1 N–H and O–H groups in total. The van der Waals surface area contributed by atoms with Crippen molar-refractivity contribution in [1.82, 2.24) is 0 Å². The summed E-state index contributed by atoms with van der Waals surface area (Å²) in [6, 6.07) is 1.40. The maximum Gasteiger partial charge on any atom is 0.307 e. The van der Waals surface area contributed by atoms with E-state index in [0.29, 0.717) is 31.4 Å². The number of hydrogen-bond donors (Lipinski definition) is 1. The third-order valence-corrected chi connectivity index (χ3v) is 3.65. The Morgan fingerprint density at radius 2 is 2.10 bits per heavy atom. The normalized spacial score (nSPS) is 22.3. The van der Waals surface area contributed by atoms with Gasteiger partial charge in [0.05, 0.1) is 16.7 Å². The highest BCUT2D eigenvalue weighted by molar-refractivity contribution is 5.53. The number of anilines is 1. The lowest BCUT2D eigenvalue weighted by atomic mass is 9.95. The number of nitrogens with one attached hydrogen (secondary N) is 1. The zero-order chi connectivity index (χ0) is 15.6. The molecule has 116 valence electrons. The van der Waals surface area contributed by atoms with Crippen molar-refractivity contribution in [2.24, 2.45) is 5.92 Å². The average molecular weight is 300 g/mol. The van der Waals surface area contributed by atoms with Gasteiger partial charge in [-0.2, -0.15) is 4.39 Å². The molecular formula is C14H18F2N2O3. The lowest BCUT2D eigenvalue weighted by Crippen LogP contribution is -2.36. The third kappa shape index (κ3) is 3.66. The minimum absolute atomic E-state index is 0.0440. The number of nitro benzene ring substituents is 1. The summed E-state index contributed by atoms with van der Waals surface area (Å²) >= 11 is 0. The second kappa shape index (κ2) is 6.34. The Bertz CT molecular complexity index is 537. The molecule has 2 unspecified atom stereocenters. The van der Waals surface area contributed by atoms with Crippen LogP contribution in [0.5, 0.6) is 0 Å². The Balaban J connectivity index is 2.15. The molecule has 21 heavy (non-hydrogen) atoms. The molecule has 1 aliphatic heterocycles. The van der Waals surface area contributed by atoms with Crippen molar-refractivity contribution in [1.29, 1.82) is 0 Å². The molecule has 1 aromatic rings. The molecule has 0 spiro atoms. The van der Waals surface area contributed by atoms with Crippen LogP contribution in [0.25, 0.3) is 0 Å². The van der Waals surface area contributed by atoms with Crippen LogP contribution in [0.4, 0.5) is 20.2 Å². The minimum atomic E-state index is -1.17. The van der Waals surface area contributed by atoms with Crippen LogP contribution < -0.4 is 5.32 Å². The molecule has 0 aliphatic carbocycles. The Morgan fingerprint density at radius 3 is 2.71 bits per heavy atom. The highest BCUT2D eigenvalue weighted by Gasteiger charge is 2.26. The van der Waals surface area contributed by atoms with Gasteiger partial charge in [0, 0.05) is 24.8 Å². The van der Waals surface area contributed by atoms with Crippen LogP contribution >= 0.6 is 0 Å². The highest BCUT2D eigenvalue weighted by Crippen LogP contribution is 2.28. The van der Waals surface area contributed by atoms with Crippen molar-refractivity contribution in [2.75, 3.05) is 11.9 Å². The van der Waals surface area contributed by atoms with E-state index in [1.165, 1.54) is 0 Å². The molecule has 0 saturated carbocycles. The summed E-state index contributed by atoms with van der Waals surface area (Å²) in [6.07, 6.45) is 1.42. The van der Waals surface area contributed by atoms with Crippen molar-refractivity contribution in [3.05, 3.63) is 33.9 Å². The van der Waals surface area contributed by atoms with Crippen molar-refractivity contribution in [3.8, 4) is 0 Å². The lowest BCUT2D eigenvalue weighted by Gasteiger charge is -2.33. The van der Waals surface area contributed by atoms with E-state index in [0.717, 1.165) is 6.07 Å². The first-order chi connectivity index (χ1) is 9.88. The summed E-state index contributed by atoms with van der Waals surface area (Å²) in [5.74, 6) is -1.66. The summed E-state index contributed by atoms with van der Waals surface area (Å²) in [5, 5.41) is 13.6. The molecule has 0 radical (unpaired) electrons. The van der Waals surface area contributed by atoms with Gasteiger partial charge >= 0.3 is 5.69 Å². The fourth-order valence-corrected chi connectivity index (χ4v) is 2.43. The molecule has 1 heterocycles. The van der Waals surface area contributed by atoms with Gasteiger partial charge in [-0.1, -0.05) is 13.8 Å². The molecule has 1 saturated heterocycles. The summed E-state index contributed by atoms with van der Waals surface area (Å²) in [6.45, 7) is 4.62. The summed E-state index contributed by atoms with van der Waals surface area (Å²) < 4.78 is 32.7. The predicted molar refractivity (Wildman–Crippen MR) is 74.2 cm³/mol. The molecular weight excluding hydrogens is 282 g/mol. The second-order valence-electron chi connectivity index (χ2n) is 5.56. The summed E-state index contributed by atoms with van der Waals surface area (Å²) in [4.78, 5) is 9.85. The van der Waals surface area contributed by atoms with Gasteiger partial charge < -0.3 is 10.1 Å². The first-order valence-corrected chi connectivity index (χ1v) is 6.90. The maximum absolute atomic E-state index is 13.7. The number of benzene rings is 1. The molecule has 1 aliphatic rings. The Labute approximate surface area is 121 Å². The highest BCUT2D eigenvalue weighted by atomic mass is 19.1. The topological polar surface area (TPSA) is 64.4 Å². The van der Waals surface area contributed by atoms with Crippen LogP contribution in [0.15, 0.2) is 12.1 Å². The van der Waals surface area contributed by atoms with Gasteiger partial charge in [-0.05, 0) is 18.8 Å². The standard InChI is InChI=1S/C14H18F2N2O3/c1-8(2)14-5-9(3-4-21-14)17-12-7-13(18(19)20)11(16)6-10(12)15/h6-9,14,17H,3-5H2,1-2H3. The largest absolute Gasteiger partial charge is 0.380 e. The van der Waals surface area contributed by atoms with Gasteiger partial charge in [-0.3, -0.25) is 10.1 Å². The molecule has 0 amide bonds. The number of rotatable bonds is 4. The molecule has 2 atom stereocenters. The van der Waals surface area contributed by atoms with Crippen molar-refractivity contribution >= 4 is 11.4 Å². The van der Waals surface area contributed by atoms with Gasteiger partial charge in [0.2, 0.25) is 5.82 Å². The van der Waals surface area contributed by atoms with Crippen molar-refractivity contribution in [2.45, 2.75) is 38.8 Å². The first-order valence-electron chi connectivity index (χ1n) is 6.90. The number of nitrogens with zero attached hydrogens (tertiary/aromatic N) is 1. The van der Waals surface area contributed by atoms with Gasteiger partial charge in [0.25, 0.3) is 0 Å². The van der Waals surface area contributed by atoms with E-state index in [1.807, 2.05) is 13.8 Å². The molecule has 0 aromatic heterocycles. The van der Waals surface area contributed by atoms with Crippen molar-refractivity contribution in [3.63, 3.8) is 0 Å². The number of halogens is 2. The van der Waals surface area contributed by atoms with Gasteiger partial charge in [-0.25, -0.2) is 4.39 Å². The Morgan fingerprint density at radius 1 is 1.38 bits per heavy atom. The van der Waals surface area contributed by atoms with E-state index in [2.05, 4.69) is 5.32 Å². The van der Waals surface area contributed by atoms with Gasteiger partial charge in [-0.15, -0.1) is 0 Å². The molecule has 2 rings (SSSR count). The fraction of sp³-hybridized carbons (Fsp3) is 0.571. The fourth-order valence-electron chi connectivity index (χ4n) is 2.43. The Hall–Kier alpha value is -1.76. The van der Waals surface area contributed by atoms with E-state index in [1.54, 1.807) is 0 Å². The monoisotopic (exact) mass is 300 g/mol. The average Bonchev–Trinajstić information content (AvgIpc) is 2.41. The van der Waals surface area contributed by atoms with Crippen LogP contribution in [0.3, 0.4) is 0 Å².